The smallest absolute Gasteiger partial charge is 0.240 e. The molecule has 0 aliphatic rings. The first kappa shape index (κ1) is 20.3. The second-order valence-electron chi connectivity index (χ2n) is 6.59. The number of hydrogen-bond acceptors (Lipinski definition) is 4. The first-order valence-electron chi connectivity index (χ1n) is 9.43. The van der Waals surface area contributed by atoms with Crippen LogP contribution in [-0.2, 0) is 4.79 Å². The second kappa shape index (κ2) is 10.2. The van der Waals surface area contributed by atoms with Crippen molar-refractivity contribution in [1.82, 2.24) is 5.43 Å². The van der Waals surface area contributed by atoms with Crippen molar-refractivity contribution in [3.05, 3.63) is 102 Å². The fourth-order valence-corrected chi connectivity index (χ4v) is 3.06. The third kappa shape index (κ3) is 5.53. The average molecular weight is 388 g/mol. The van der Waals surface area contributed by atoms with Crippen LogP contribution in [-0.4, -0.2) is 30.4 Å². The summed E-state index contributed by atoms with van der Waals surface area (Å²) >= 11 is 0. The minimum atomic E-state index is -0.336. The topological polar surface area (TPSA) is 70.9 Å². The molecule has 3 aromatic rings. The lowest BCUT2D eigenvalue weighted by molar-refractivity contribution is -0.121. The summed E-state index contributed by atoms with van der Waals surface area (Å²) in [6, 6.07) is 26.8. The highest BCUT2D eigenvalue weighted by Crippen LogP contribution is 2.23. The largest absolute Gasteiger partial charge is 0.497 e. The van der Waals surface area contributed by atoms with E-state index in [0.29, 0.717) is 11.5 Å². The molecule has 148 valence electrons. The maximum Gasteiger partial charge on any atom is 0.240 e. The summed E-state index contributed by atoms with van der Waals surface area (Å²) in [4.78, 5) is 12.5. The van der Waals surface area contributed by atoms with Crippen molar-refractivity contribution in [2.45, 2.75) is 12.3 Å². The van der Waals surface area contributed by atoms with Gasteiger partial charge in [0, 0.05) is 23.5 Å². The number of carbonyl (C=O) groups is 1. The summed E-state index contributed by atoms with van der Waals surface area (Å²) in [7, 11) is 1.59. The predicted molar refractivity (Wildman–Crippen MR) is 114 cm³/mol. The van der Waals surface area contributed by atoms with Crippen LogP contribution in [0.3, 0.4) is 0 Å². The van der Waals surface area contributed by atoms with E-state index in [1.54, 1.807) is 7.11 Å². The average Bonchev–Trinajstić information content (AvgIpc) is 2.79. The van der Waals surface area contributed by atoms with E-state index in [4.69, 9.17) is 4.74 Å². The van der Waals surface area contributed by atoms with Gasteiger partial charge in [0.1, 0.15) is 5.75 Å². The number of rotatable bonds is 8. The van der Waals surface area contributed by atoms with Gasteiger partial charge in [-0.05, 0) is 17.7 Å². The molecule has 3 aromatic carbocycles. The molecule has 0 aromatic heterocycles. The maximum atomic E-state index is 12.5. The molecule has 0 heterocycles. The molecule has 0 aliphatic heterocycles. The predicted octanol–water partition coefficient (Wildman–Crippen LogP) is 3.73. The van der Waals surface area contributed by atoms with Gasteiger partial charge in [0.05, 0.1) is 19.4 Å². The first-order chi connectivity index (χ1) is 14.2. The summed E-state index contributed by atoms with van der Waals surface area (Å²) in [6.07, 6.45) is 0.115. The van der Waals surface area contributed by atoms with Crippen LogP contribution in [0.1, 0.15) is 29.0 Å². The van der Waals surface area contributed by atoms with E-state index in [-0.39, 0.29) is 24.9 Å². The minimum Gasteiger partial charge on any atom is -0.497 e. The molecule has 5 nitrogen and oxygen atoms in total. The normalized spacial score (nSPS) is 11.4. The number of ether oxygens (including phenoxy) is 1. The number of carbonyl (C=O) groups excluding carboxylic acids is 1. The summed E-state index contributed by atoms with van der Waals surface area (Å²) in [5.41, 5.74) is 5.99. The van der Waals surface area contributed by atoms with Crippen molar-refractivity contribution in [2.75, 3.05) is 13.7 Å². The lowest BCUT2D eigenvalue weighted by atomic mass is 9.96. The van der Waals surface area contributed by atoms with Crippen LogP contribution in [0.4, 0.5) is 0 Å². The van der Waals surface area contributed by atoms with E-state index in [1.165, 1.54) is 0 Å². The molecule has 5 heteroatoms. The molecule has 1 amide bonds. The van der Waals surface area contributed by atoms with Crippen molar-refractivity contribution >= 4 is 11.6 Å². The number of nitrogens with one attached hydrogen (secondary N) is 1. The first-order valence-corrected chi connectivity index (χ1v) is 9.43. The zero-order valence-electron chi connectivity index (χ0n) is 16.3. The van der Waals surface area contributed by atoms with Crippen LogP contribution in [0.2, 0.25) is 0 Å². The van der Waals surface area contributed by atoms with E-state index in [9.17, 15) is 9.90 Å². The zero-order chi connectivity index (χ0) is 20.5. The third-order valence-corrected chi connectivity index (χ3v) is 4.60. The fourth-order valence-electron chi connectivity index (χ4n) is 3.06. The Kier molecular flexibility index (Phi) is 7.14. The van der Waals surface area contributed by atoms with E-state index < -0.39 is 0 Å². The van der Waals surface area contributed by atoms with Gasteiger partial charge in [-0.15, -0.1) is 0 Å². The highest BCUT2D eigenvalue weighted by molar-refractivity contribution is 6.13. The fraction of sp³-hybridized carbons (Fsp3) is 0.167. The van der Waals surface area contributed by atoms with Gasteiger partial charge in [-0.1, -0.05) is 72.8 Å². The molecular formula is C24H24N2O3. The highest BCUT2D eigenvalue weighted by atomic mass is 16.5. The van der Waals surface area contributed by atoms with Gasteiger partial charge < -0.3 is 9.84 Å². The summed E-state index contributed by atoms with van der Waals surface area (Å²) < 4.78 is 5.23. The van der Waals surface area contributed by atoms with Crippen molar-refractivity contribution in [1.29, 1.82) is 0 Å². The number of aliphatic hydroxyl groups excluding tert-OH is 1. The number of aliphatic hydroxyl groups is 1. The van der Waals surface area contributed by atoms with Crippen LogP contribution >= 0.6 is 0 Å². The van der Waals surface area contributed by atoms with Gasteiger partial charge in [-0.3, -0.25) is 4.79 Å². The van der Waals surface area contributed by atoms with E-state index >= 15 is 0 Å². The SMILES string of the molecule is COc1cccc(C(CO)CC(=O)NN=C(c2ccccc2)c2ccccc2)c1. The van der Waals surface area contributed by atoms with Crippen molar-refractivity contribution in [3.8, 4) is 5.75 Å². The standard InChI is InChI=1S/C24H24N2O3/c1-29-22-14-8-13-20(15-22)21(17-27)16-23(28)25-26-24(18-9-4-2-5-10-18)19-11-6-3-7-12-19/h2-15,21,27H,16-17H2,1H3,(H,25,28). The van der Waals surface area contributed by atoms with Crippen LogP contribution < -0.4 is 10.2 Å². The molecule has 0 saturated heterocycles. The number of nitrogens with zero attached hydrogens (tertiary/aromatic N) is 1. The quantitative estimate of drug-likeness (QED) is 0.456. The zero-order valence-corrected chi connectivity index (χ0v) is 16.3. The lowest BCUT2D eigenvalue weighted by Gasteiger charge is -2.15. The van der Waals surface area contributed by atoms with E-state index in [1.807, 2.05) is 84.9 Å². The third-order valence-electron chi connectivity index (χ3n) is 4.60. The highest BCUT2D eigenvalue weighted by Gasteiger charge is 2.16. The van der Waals surface area contributed by atoms with Crippen LogP contribution in [0.25, 0.3) is 0 Å². The van der Waals surface area contributed by atoms with E-state index in [2.05, 4.69) is 10.5 Å². The molecular weight excluding hydrogens is 364 g/mol. The molecule has 0 fully saturated rings. The molecule has 1 unspecified atom stereocenters. The van der Waals surface area contributed by atoms with E-state index in [0.717, 1.165) is 16.7 Å². The number of amides is 1. The Balaban J connectivity index is 1.77. The molecule has 29 heavy (non-hydrogen) atoms. The number of methoxy groups -OCH3 is 1. The number of hydrazone groups is 1. The van der Waals surface area contributed by atoms with Crippen LogP contribution in [0, 0.1) is 0 Å². The molecule has 2 N–H and O–H groups in total. The molecule has 0 bridgehead atoms. The summed E-state index contributed by atoms with van der Waals surface area (Å²) in [6.45, 7) is -0.144. The summed E-state index contributed by atoms with van der Waals surface area (Å²) in [5.74, 6) is 0.0863. The second-order valence-corrected chi connectivity index (χ2v) is 6.59. The Hall–Kier alpha value is -3.44. The number of hydrogen-bond donors (Lipinski definition) is 2. The molecule has 0 radical (unpaired) electrons. The van der Waals surface area contributed by atoms with Gasteiger partial charge in [0.25, 0.3) is 0 Å². The Morgan fingerprint density at radius 1 is 0.966 bits per heavy atom. The summed E-state index contributed by atoms with van der Waals surface area (Å²) in [5, 5.41) is 14.2. The van der Waals surface area contributed by atoms with Gasteiger partial charge in [0.2, 0.25) is 5.91 Å². The number of benzene rings is 3. The van der Waals surface area contributed by atoms with Gasteiger partial charge in [-0.25, -0.2) is 5.43 Å². The molecule has 1 atom stereocenters. The Morgan fingerprint density at radius 2 is 1.59 bits per heavy atom. The molecule has 0 aliphatic carbocycles. The minimum absolute atomic E-state index is 0.115. The van der Waals surface area contributed by atoms with Gasteiger partial charge in [-0.2, -0.15) is 5.10 Å². The molecule has 0 spiro atoms. The van der Waals surface area contributed by atoms with Gasteiger partial charge in [0.15, 0.2) is 0 Å². The Morgan fingerprint density at radius 3 is 2.14 bits per heavy atom. The van der Waals surface area contributed by atoms with Crippen molar-refractivity contribution < 1.29 is 14.6 Å². The maximum absolute atomic E-state index is 12.5. The van der Waals surface area contributed by atoms with Gasteiger partial charge >= 0.3 is 0 Å². The molecule has 3 rings (SSSR count). The van der Waals surface area contributed by atoms with Crippen molar-refractivity contribution in [3.63, 3.8) is 0 Å². The lowest BCUT2D eigenvalue weighted by Crippen LogP contribution is -2.23. The van der Waals surface area contributed by atoms with Crippen LogP contribution in [0.5, 0.6) is 5.75 Å². The van der Waals surface area contributed by atoms with Crippen LogP contribution in [0.15, 0.2) is 90.0 Å². The molecule has 0 saturated carbocycles. The van der Waals surface area contributed by atoms with Crippen molar-refractivity contribution in [2.24, 2.45) is 5.10 Å². The Labute approximate surface area is 170 Å². The Bertz CT molecular complexity index is 915. The monoisotopic (exact) mass is 388 g/mol.